The summed E-state index contributed by atoms with van der Waals surface area (Å²) in [7, 11) is 1.68. The van der Waals surface area contributed by atoms with Gasteiger partial charge < -0.3 is 15.4 Å². The molecule has 1 saturated heterocycles. The van der Waals surface area contributed by atoms with E-state index in [1.54, 1.807) is 7.11 Å². The molecule has 0 spiro atoms. The fourth-order valence-electron chi connectivity index (χ4n) is 3.14. The molecule has 1 atom stereocenters. The minimum atomic E-state index is -0.338. The predicted molar refractivity (Wildman–Crippen MR) is 84.6 cm³/mol. The van der Waals surface area contributed by atoms with Crippen LogP contribution >= 0.6 is 0 Å². The molecule has 0 aromatic heterocycles. The highest BCUT2D eigenvalue weighted by molar-refractivity contribution is 5.86. The number of benzene rings is 1. The van der Waals surface area contributed by atoms with Crippen LogP contribution in [0.5, 0.6) is 5.75 Å². The van der Waals surface area contributed by atoms with Crippen molar-refractivity contribution < 1.29 is 9.53 Å². The lowest BCUT2D eigenvalue weighted by molar-refractivity contribution is -0.127. The standard InChI is InChI=1S/C17H26N2O2/c1-3-10-17(11-6-12-19-17)16(20)18-13-9-14-7-4-5-8-15(14)21-2/h4-5,7-8,19H,3,6,9-13H2,1-2H3,(H,18,20). The Morgan fingerprint density at radius 2 is 2.24 bits per heavy atom. The van der Waals surface area contributed by atoms with Crippen molar-refractivity contribution in [2.45, 2.75) is 44.6 Å². The predicted octanol–water partition coefficient (Wildman–Crippen LogP) is 2.28. The van der Waals surface area contributed by atoms with E-state index in [2.05, 4.69) is 17.6 Å². The number of methoxy groups -OCH3 is 1. The number of carbonyl (C=O) groups excluding carboxylic acids is 1. The molecule has 0 saturated carbocycles. The molecule has 0 aliphatic carbocycles. The van der Waals surface area contributed by atoms with E-state index in [4.69, 9.17) is 4.74 Å². The van der Waals surface area contributed by atoms with E-state index in [9.17, 15) is 4.79 Å². The number of nitrogens with one attached hydrogen (secondary N) is 2. The van der Waals surface area contributed by atoms with Crippen molar-refractivity contribution in [3.63, 3.8) is 0 Å². The maximum absolute atomic E-state index is 12.5. The molecular formula is C17H26N2O2. The Labute approximate surface area is 127 Å². The first-order valence-corrected chi connectivity index (χ1v) is 7.87. The molecule has 1 aromatic carbocycles. The largest absolute Gasteiger partial charge is 0.496 e. The molecule has 2 N–H and O–H groups in total. The third kappa shape index (κ3) is 3.76. The van der Waals surface area contributed by atoms with E-state index in [0.29, 0.717) is 6.54 Å². The van der Waals surface area contributed by atoms with Gasteiger partial charge in [-0.05, 0) is 43.9 Å². The van der Waals surface area contributed by atoms with Gasteiger partial charge in [0.05, 0.1) is 12.6 Å². The minimum absolute atomic E-state index is 0.150. The molecular weight excluding hydrogens is 264 g/mol. The van der Waals surface area contributed by atoms with Crippen LogP contribution in [0.3, 0.4) is 0 Å². The second kappa shape index (κ2) is 7.46. The Hall–Kier alpha value is -1.55. The normalized spacial score (nSPS) is 21.2. The van der Waals surface area contributed by atoms with Gasteiger partial charge in [0.15, 0.2) is 0 Å². The maximum Gasteiger partial charge on any atom is 0.240 e. The van der Waals surface area contributed by atoms with E-state index in [0.717, 1.165) is 50.0 Å². The zero-order valence-electron chi connectivity index (χ0n) is 13.1. The van der Waals surface area contributed by atoms with Crippen LogP contribution in [0.25, 0.3) is 0 Å². The zero-order valence-corrected chi connectivity index (χ0v) is 13.1. The van der Waals surface area contributed by atoms with E-state index in [1.807, 2.05) is 24.3 Å². The fraction of sp³-hybridized carbons (Fsp3) is 0.588. The van der Waals surface area contributed by atoms with Crippen LogP contribution in [0, 0.1) is 0 Å². The molecule has 4 nitrogen and oxygen atoms in total. The Morgan fingerprint density at radius 1 is 1.43 bits per heavy atom. The van der Waals surface area contributed by atoms with Crippen LogP contribution in [-0.2, 0) is 11.2 Å². The quantitative estimate of drug-likeness (QED) is 0.810. The second-order valence-electron chi connectivity index (χ2n) is 5.68. The molecule has 21 heavy (non-hydrogen) atoms. The average Bonchev–Trinajstić information content (AvgIpc) is 2.98. The first-order valence-electron chi connectivity index (χ1n) is 7.87. The van der Waals surface area contributed by atoms with Crippen molar-refractivity contribution in [2.75, 3.05) is 20.2 Å². The SMILES string of the molecule is CCCC1(C(=O)NCCc2ccccc2OC)CCCN1. The summed E-state index contributed by atoms with van der Waals surface area (Å²) < 4.78 is 5.34. The Balaban J connectivity index is 1.89. The highest BCUT2D eigenvalue weighted by Crippen LogP contribution is 2.25. The van der Waals surface area contributed by atoms with Crippen molar-refractivity contribution in [3.05, 3.63) is 29.8 Å². The van der Waals surface area contributed by atoms with Gasteiger partial charge in [0.25, 0.3) is 0 Å². The molecule has 116 valence electrons. The van der Waals surface area contributed by atoms with Crippen LogP contribution in [0.15, 0.2) is 24.3 Å². The second-order valence-corrected chi connectivity index (χ2v) is 5.68. The summed E-state index contributed by atoms with van der Waals surface area (Å²) in [4.78, 5) is 12.5. The van der Waals surface area contributed by atoms with Gasteiger partial charge in [0.2, 0.25) is 5.91 Å². The number of carbonyl (C=O) groups is 1. The first kappa shape index (κ1) is 15.8. The van der Waals surface area contributed by atoms with Gasteiger partial charge in [-0.15, -0.1) is 0 Å². The smallest absolute Gasteiger partial charge is 0.240 e. The van der Waals surface area contributed by atoms with E-state index in [-0.39, 0.29) is 11.4 Å². The first-order chi connectivity index (χ1) is 10.2. The van der Waals surface area contributed by atoms with Crippen molar-refractivity contribution >= 4 is 5.91 Å². The zero-order chi connectivity index (χ0) is 15.1. The van der Waals surface area contributed by atoms with Crippen molar-refractivity contribution in [3.8, 4) is 5.75 Å². The number of rotatable bonds is 7. The Kier molecular flexibility index (Phi) is 5.62. The van der Waals surface area contributed by atoms with Gasteiger partial charge in [-0.1, -0.05) is 31.5 Å². The lowest BCUT2D eigenvalue weighted by atomic mass is 9.91. The number of para-hydroxylation sites is 1. The van der Waals surface area contributed by atoms with Crippen LogP contribution in [0.2, 0.25) is 0 Å². The monoisotopic (exact) mass is 290 g/mol. The van der Waals surface area contributed by atoms with Crippen LogP contribution in [-0.4, -0.2) is 31.6 Å². The topological polar surface area (TPSA) is 50.4 Å². The van der Waals surface area contributed by atoms with Crippen molar-refractivity contribution in [2.24, 2.45) is 0 Å². The third-order valence-electron chi connectivity index (χ3n) is 4.23. The lowest BCUT2D eigenvalue weighted by Gasteiger charge is -2.27. The molecule has 1 unspecified atom stereocenters. The summed E-state index contributed by atoms with van der Waals surface area (Å²) in [5.74, 6) is 1.03. The summed E-state index contributed by atoms with van der Waals surface area (Å²) in [5, 5.41) is 6.50. The molecule has 2 rings (SSSR count). The van der Waals surface area contributed by atoms with E-state index in [1.165, 1.54) is 0 Å². The summed E-state index contributed by atoms with van der Waals surface area (Å²) in [6, 6.07) is 7.95. The number of amides is 1. The summed E-state index contributed by atoms with van der Waals surface area (Å²) in [6.07, 6.45) is 4.75. The summed E-state index contributed by atoms with van der Waals surface area (Å²) in [5.41, 5.74) is 0.791. The number of hydrogen-bond acceptors (Lipinski definition) is 3. The fourth-order valence-corrected chi connectivity index (χ4v) is 3.14. The lowest BCUT2D eigenvalue weighted by Crippen LogP contribution is -2.53. The number of ether oxygens (including phenoxy) is 1. The molecule has 0 bridgehead atoms. The van der Waals surface area contributed by atoms with Crippen molar-refractivity contribution in [1.29, 1.82) is 0 Å². The molecule has 1 aliphatic heterocycles. The maximum atomic E-state index is 12.5. The van der Waals surface area contributed by atoms with Gasteiger partial charge in [-0.25, -0.2) is 0 Å². The third-order valence-corrected chi connectivity index (χ3v) is 4.23. The van der Waals surface area contributed by atoms with Crippen LogP contribution < -0.4 is 15.4 Å². The highest BCUT2D eigenvalue weighted by Gasteiger charge is 2.39. The molecule has 1 fully saturated rings. The van der Waals surface area contributed by atoms with E-state index < -0.39 is 0 Å². The molecule has 0 radical (unpaired) electrons. The number of hydrogen-bond donors (Lipinski definition) is 2. The molecule has 1 aromatic rings. The summed E-state index contributed by atoms with van der Waals surface area (Å²) >= 11 is 0. The van der Waals surface area contributed by atoms with Crippen LogP contribution in [0.4, 0.5) is 0 Å². The molecule has 1 aliphatic rings. The molecule has 1 heterocycles. The molecule has 1 amide bonds. The average molecular weight is 290 g/mol. The minimum Gasteiger partial charge on any atom is -0.496 e. The van der Waals surface area contributed by atoms with Gasteiger partial charge in [-0.3, -0.25) is 4.79 Å². The Bertz CT molecular complexity index is 468. The highest BCUT2D eigenvalue weighted by atomic mass is 16.5. The Morgan fingerprint density at radius 3 is 2.90 bits per heavy atom. The van der Waals surface area contributed by atoms with Gasteiger partial charge >= 0.3 is 0 Å². The molecule has 4 heteroatoms. The van der Waals surface area contributed by atoms with Crippen molar-refractivity contribution in [1.82, 2.24) is 10.6 Å². The van der Waals surface area contributed by atoms with Gasteiger partial charge in [-0.2, -0.15) is 0 Å². The van der Waals surface area contributed by atoms with Crippen LogP contribution in [0.1, 0.15) is 38.2 Å². The van der Waals surface area contributed by atoms with E-state index >= 15 is 0 Å². The van der Waals surface area contributed by atoms with Gasteiger partial charge in [0, 0.05) is 6.54 Å². The van der Waals surface area contributed by atoms with Gasteiger partial charge in [0.1, 0.15) is 5.75 Å². The summed E-state index contributed by atoms with van der Waals surface area (Å²) in [6.45, 7) is 3.72.